The van der Waals surface area contributed by atoms with Crippen LogP contribution in [-0.2, 0) is 11.2 Å². The normalized spacial score (nSPS) is 10.5. The van der Waals surface area contributed by atoms with E-state index in [1.54, 1.807) is 48.5 Å². The molecule has 0 radical (unpaired) electrons. The van der Waals surface area contributed by atoms with Crippen LogP contribution in [0.1, 0.15) is 19.4 Å². The zero-order valence-corrected chi connectivity index (χ0v) is 21.7. The Bertz CT molecular complexity index is 1520. The summed E-state index contributed by atoms with van der Waals surface area (Å²) in [5, 5.41) is 8.88. The Morgan fingerprint density at radius 3 is 2.51 bits per heavy atom. The third-order valence-corrected chi connectivity index (χ3v) is 5.51. The summed E-state index contributed by atoms with van der Waals surface area (Å²) in [6.45, 7) is 4.03. The van der Waals surface area contributed by atoms with Gasteiger partial charge in [0.15, 0.2) is 0 Å². The van der Waals surface area contributed by atoms with Gasteiger partial charge in [0.1, 0.15) is 23.6 Å². The number of benzene rings is 3. The second-order valence-corrected chi connectivity index (χ2v) is 8.85. The molecule has 0 aliphatic heterocycles. The van der Waals surface area contributed by atoms with Crippen LogP contribution in [0, 0.1) is 5.82 Å². The summed E-state index contributed by atoms with van der Waals surface area (Å²) in [6, 6.07) is 16.1. The van der Waals surface area contributed by atoms with Crippen LogP contribution in [0.5, 0.6) is 17.4 Å². The van der Waals surface area contributed by atoms with Crippen molar-refractivity contribution in [3.8, 4) is 17.4 Å². The van der Waals surface area contributed by atoms with Crippen LogP contribution in [0.2, 0.25) is 0 Å². The molecule has 3 N–H and O–H groups in total. The van der Waals surface area contributed by atoms with Crippen molar-refractivity contribution in [2.75, 3.05) is 24.3 Å². The fourth-order valence-electron chi connectivity index (χ4n) is 3.75. The summed E-state index contributed by atoms with van der Waals surface area (Å²) in [4.78, 5) is 33.1. The van der Waals surface area contributed by atoms with E-state index in [4.69, 9.17) is 9.47 Å². The van der Waals surface area contributed by atoms with Crippen molar-refractivity contribution in [3.63, 3.8) is 0 Å². The van der Waals surface area contributed by atoms with Crippen molar-refractivity contribution in [1.82, 2.24) is 15.3 Å². The van der Waals surface area contributed by atoms with Gasteiger partial charge in [0.2, 0.25) is 11.8 Å². The Balaban J connectivity index is 1.42. The maximum absolute atomic E-state index is 13.3. The van der Waals surface area contributed by atoms with Crippen LogP contribution in [0.4, 0.5) is 20.6 Å². The highest BCUT2D eigenvalue weighted by molar-refractivity contribution is 6.03. The number of amides is 3. The molecule has 0 unspecified atom stereocenters. The molecule has 0 saturated carbocycles. The topological polar surface area (TPSA) is 114 Å². The standard InChI is InChI=1S/C29H28FN5O4/c1-18(2)13-27(36)35-25-15-23-24(16-26(25)38-3)32-17-33-28(23)39-22-9-7-21(8-10-22)34-29(37)31-12-11-19-5-4-6-20(30)14-19/h4-10,13-17H,11-12H2,1-3H3,(H,35,36)(H2,31,34,37). The number of aromatic nitrogens is 2. The number of allylic oxidation sites excluding steroid dienone is 1. The van der Waals surface area contributed by atoms with Gasteiger partial charge in [-0.3, -0.25) is 4.79 Å². The minimum atomic E-state index is -0.376. The Morgan fingerprint density at radius 2 is 1.79 bits per heavy atom. The summed E-state index contributed by atoms with van der Waals surface area (Å²) in [7, 11) is 1.51. The first-order chi connectivity index (χ1) is 18.8. The SMILES string of the molecule is COc1cc2ncnc(Oc3ccc(NC(=O)NCCc4cccc(F)c4)cc3)c2cc1NC(=O)C=C(C)C. The number of methoxy groups -OCH3 is 1. The highest BCUT2D eigenvalue weighted by Crippen LogP contribution is 2.34. The van der Waals surface area contributed by atoms with E-state index in [1.165, 1.54) is 31.6 Å². The number of carbonyl (C=O) groups is 2. The summed E-state index contributed by atoms with van der Waals surface area (Å²) < 4.78 is 24.7. The van der Waals surface area contributed by atoms with E-state index >= 15 is 0 Å². The number of nitrogens with one attached hydrogen (secondary N) is 3. The van der Waals surface area contributed by atoms with E-state index in [1.807, 2.05) is 13.8 Å². The van der Waals surface area contributed by atoms with Crippen LogP contribution >= 0.6 is 0 Å². The van der Waals surface area contributed by atoms with Gasteiger partial charge in [-0.1, -0.05) is 17.7 Å². The maximum atomic E-state index is 13.3. The number of nitrogens with zero attached hydrogens (tertiary/aromatic N) is 2. The third kappa shape index (κ3) is 7.51. The molecule has 4 rings (SSSR count). The third-order valence-electron chi connectivity index (χ3n) is 5.51. The Labute approximate surface area is 225 Å². The molecule has 0 bridgehead atoms. The molecule has 3 aromatic carbocycles. The number of fused-ring (bicyclic) bond motifs is 1. The zero-order valence-electron chi connectivity index (χ0n) is 21.7. The van der Waals surface area contributed by atoms with Crippen LogP contribution in [-0.4, -0.2) is 35.6 Å². The predicted molar refractivity (Wildman–Crippen MR) is 148 cm³/mol. The second-order valence-electron chi connectivity index (χ2n) is 8.85. The fraction of sp³-hybridized carbons (Fsp3) is 0.172. The monoisotopic (exact) mass is 529 g/mol. The van der Waals surface area contributed by atoms with Gasteiger partial charge < -0.3 is 25.4 Å². The summed E-state index contributed by atoms with van der Waals surface area (Å²) >= 11 is 0. The summed E-state index contributed by atoms with van der Waals surface area (Å²) in [5.41, 5.74) is 3.25. The molecule has 3 amide bonds. The summed E-state index contributed by atoms with van der Waals surface area (Å²) in [5.74, 6) is 0.634. The number of ether oxygens (including phenoxy) is 2. The molecule has 0 atom stereocenters. The van der Waals surface area contributed by atoms with Gasteiger partial charge in [0, 0.05) is 24.4 Å². The number of rotatable bonds is 9. The molecule has 39 heavy (non-hydrogen) atoms. The molecule has 1 heterocycles. The lowest BCUT2D eigenvalue weighted by atomic mass is 10.1. The molecule has 10 heteroatoms. The molecule has 0 saturated heterocycles. The van der Waals surface area contributed by atoms with Gasteiger partial charge >= 0.3 is 6.03 Å². The van der Waals surface area contributed by atoms with E-state index in [0.717, 1.165) is 11.1 Å². The first-order valence-corrected chi connectivity index (χ1v) is 12.2. The molecular formula is C29H28FN5O4. The molecule has 0 fully saturated rings. The highest BCUT2D eigenvalue weighted by Gasteiger charge is 2.14. The van der Waals surface area contributed by atoms with Crippen molar-refractivity contribution in [1.29, 1.82) is 0 Å². The smallest absolute Gasteiger partial charge is 0.319 e. The number of hydrogen-bond donors (Lipinski definition) is 3. The van der Waals surface area contributed by atoms with Crippen LogP contribution in [0.3, 0.4) is 0 Å². The largest absolute Gasteiger partial charge is 0.494 e. The van der Waals surface area contributed by atoms with Gasteiger partial charge in [0.05, 0.1) is 23.7 Å². The highest BCUT2D eigenvalue weighted by atomic mass is 19.1. The lowest BCUT2D eigenvalue weighted by Crippen LogP contribution is -2.30. The number of hydrogen-bond acceptors (Lipinski definition) is 6. The average Bonchev–Trinajstić information content (AvgIpc) is 2.89. The van der Waals surface area contributed by atoms with Crippen molar-refractivity contribution < 1.29 is 23.5 Å². The number of anilines is 2. The molecule has 0 aliphatic carbocycles. The molecule has 200 valence electrons. The van der Waals surface area contributed by atoms with Crippen molar-refractivity contribution in [3.05, 3.63) is 90.0 Å². The van der Waals surface area contributed by atoms with E-state index < -0.39 is 0 Å². The van der Waals surface area contributed by atoms with E-state index in [9.17, 15) is 14.0 Å². The first-order valence-electron chi connectivity index (χ1n) is 12.2. The minimum Gasteiger partial charge on any atom is -0.494 e. The van der Waals surface area contributed by atoms with Gasteiger partial charge in [-0.25, -0.2) is 19.2 Å². The molecule has 4 aromatic rings. The second kappa shape index (κ2) is 12.5. The van der Waals surface area contributed by atoms with Crippen LogP contribution in [0.15, 0.2) is 78.6 Å². The quantitative estimate of drug-likeness (QED) is 0.235. The Morgan fingerprint density at radius 1 is 1.00 bits per heavy atom. The first kappa shape index (κ1) is 27.1. The van der Waals surface area contributed by atoms with E-state index in [2.05, 4.69) is 25.9 Å². The van der Waals surface area contributed by atoms with Gasteiger partial charge in [-0.2, -0.15) is 0 Å². The lowest BCUT2D eigenvalue weighted by Gasteiger charge is -2.13. The number of carbonyl (C=O) groups excluding carboxylic acids is 2. The lowest BCUT2D eigenvalue weighted by molar-refractivity contribution is -0.112. The van der Waals surface area contributed by atoms with Gasteiger partial charge in [-0.05, 0) is 68.3 Å². The minimum absolute atomic E-state index is 0.284. The Kier molecular flexibility index (Phi) is 8.67. The molecule has 9 nitrogen and oxygen atoms in total. The molecule has 1 aromatic heterocycles. The number of halogens is 1. The fourth-order valence-corrected chi connectivity index (χ4v) is 3.75. The van der Waals surface area contributed by atoms with Crippen LogP contribution in [0.25, 0.3) is 10.9 Å². The molecular weight excluding hydrogens is 501 g/mol. The summed E-state index contributed by atoms with van der Waals surface area (Å²) in [6.07, 6.45) is 3.38. The molecule has 0 aliphatic rings. The average molecular weight is 530 g/mol. The number of urea groups is 1. The molecule has 0 spiro atoms. The van der Waals surface area contributed by atoms with E-state index in [0.29, 0.717) is 46.7 Å². The predicted octanol–water partition coefficient (Wildman–Crippen LogP) is 5.84. The van der Waals surface area contributed by atoms with Crippen LogP contribution < -0.4 is 25.4 Å². The van der Waals surface area contributed by atoms with Gasteiger partial charge in [-0.15, -0.1) is 0 Å². The van der Waals surface area contributed by atoms with Crippen molar-refractivity contribution in [2.45, 2.75) is 20.3 Å². The maximum Gasteiger partial charge on any atom is 0.319 e. The van der Waals surface area contributed by atoms with Gasteiger partial charge in [0.25, 0.3) is 0 Å². The Hall–Kier alpha value is -4.99. The van der Waals surface area contributed by atoms with E-state index in [-0.39, 0.29) is 23.6 Å². The van der Waals surface area contributed by atoms with Crippen molar-refractivity contribution >= 4 is 34.2 Å². The zero-order chi connectivity index (χ0) is 27.8. The van der Waals surface area contributed by atoms with Crippen molar-refractivity contribution in [2.24, 2.45) is 0 Å².